The summed E-state index contributed by atoms with van der Waals surface area (Å²) in [5.74, 6) is -0.380. The molecule has 0 spiro atoms. The summed E-state index contributed by atoms with van der Waals surface area (Å²) in [6, 6.07) is 18.3. The highest BCUT2D eigenvalue weighted by atomic mass is 35.5. The second-order valence-corrected chi connectivity index (χ2v) is 5.92. The van der Waals surface area contributed by atoms with E-state index in [1.807, 2.05) is 30.3 Å². The van der Waals surface area contributed by atoms with Crippen molar-refractivity contribution in [3.63, 3.8) is 0 Å². The molecule has 1 aromatic heterocycles. The van der Waals surface area contributed by atoms with Crippen LogP contribution in [0.5, 0.6) is 0 Å². The van der Waals surface area contributed by atoms with Crippen molar-refractivity contribution in [2.75, 3.05) is 5.32 Å². The number of H-pyrrole nitrogens is 1. The third-order valence-electron chi connectivity index (χ3n) is 3.28. The van der Waals surface area contributed by atoms with Crippen LogP contribution in [0.1, 0.15) is 10.5 Å². The largest absolute Gasteiger partial charge is 0.331 e. The minimum absolute atomic E-state index is 0.249. The molecule has 0 aliphatic carbocycles. The summed E-state index contributed by atoms with van der Waals surface area (Å²) in [6.07, 6.45) is 0. The third-order valence-corrected chi connectivity index (χ3v) is 3.74. The number of carbonyl (C=O) groups is 1. The number of anilines is 1. The van der Waals surface area contributed by atoms with E-state index >= 15 is 0 Å². The number of carbonyl (C=O) groups excluding carboxylic acids is 1. The molecule has 3 aromatic rings. The minimum atomic E-state index is -0.380. The summed E-state index contributed by atoms with van der Waals surface area (Å²) in [5.41, 5.74) is 7.82. The van der Waals surface area contributed by atoms with Crippen LogP contribution in [-0.2, 0) is 0 Å². The first-order valence-corrected chi connectivity index (χ1v) is 8.14. The van der Waals surface area contributed by atoms with E-state index in [0.29, 0.717) is 16.4 Å². The SMILES string of the molecule is O=C(NNC(=S)Nc1ccc(Cl)cc1)c1cc(-c2ccccc2)n[nH]1. The molecule has 0 aliphatic heterocycles. The predicted molar refractivity (Wildman–Crippen MR) is 102 cm³/mol. The Bertz CT molecular complexity index is 880. The monoisotopic (exact) mass is 371 g/mol. The number of halogens is 1. The fraction of sp³-hybridized carbons (Fsp3) is 0. The number of hydrogen-bond acceptors (Lipinski definition) is 3. The first kappa shape index (κ1) is 16.9. The highest BCUT2D eigenvalue weighted by Gasteiger charge is 2.11. The number of hydrogen-bond donors (Lipinski definition) is 4. The summed E-state index contributed by atoms with van der Waals surface area (Å²) in [4.78, 5) is 12.1. The Labute approximate surface area is 154 Å². The Hall–Kier alpha value is -2.90. The maximum atomic E-state index is 12.1. The van der Waals surface area contributed by atoms with Crippen molar-refractivity contribution in [1.82, 2.24) is 21.0 Å². The number of amides is 1. The first-order chi connectivity index (χ1) is 12.1. The number of nitrogens with one attached hydrogen (secondary N) is 4. The van der Waals surface area contributed by atoms with Gasteiger partial charge < -0.3 is 5.32 Å². The molecule has 2 aromatic carbocycles. The Morgan fingerprint density at radius 2 is 1.76 bits per heavy atom. The van der Waals surface area contributed by atoms with E-state index in [1.165, 1.54) is 0 Å². The van der Waals surface area contributed by atoms with Crippen LogP contribution < -0.4 is 16.2 Å². The van der Waals surface area contributed by atoms with Crippen molar-refractivity contribution >= 4 is 40.5 Å². The molecule has 0 radical (unpaired) electrons. The zero-order valence-corrected chi connectivity index (χ0v) is 14.5. The molecule has 0 atom stereocenters. The summed E-state index contributed by atoms with van der Waals surface area (Å²) < 4.78 is 0. The summed E-state index contributed by atoms with van der Waals surface area (Å²) in [7, 11) is 0. The summed E-state index contributed by atoms with van der Waals surface area (Å²) in [5, 5.41) is 10.6. The molecule has 0 saturated carbocycles. The van der Waals surface area contributed by atoms with E-state index in [1.54, 1.807) is 30.3 Å². The fourth-order valence-corrected chi connectivity index (χ4v) is 2.37. The van der Waals surface area contributed by atoms with Crippen LogP contribution in [0.3, 0.4) is 0 Å². The molecule has 4 N–H and O–H groups in total. The van der Waals surface area contributed by atoms with Crippen molar-refractivity contribution in [2.45, 2.75) is 0 Å². The predicted octanol–water partition coefficient (Wildman–Crippen LogP) is 3.36. The van der Waals surface area contributed by atoms with Crippen LogP contribution in [0, 0.1) is 0 Å². The van der Waals surface area contributed by atoms with Gasteiger partial charge in [0.1, 0.15) is 5.69 Å². The lowest BCUT2D eigenvalue weighted by Gasteiger charge is -2.10. The molecular formula is C17H14ClN5OS. The third kappa shape index (κ3) is 4.56. The number of hydrazine groups is 1. The van der Waals surface area contributed by atoms with Gasteiger partial charge in [-0.3, -0.25) is 20.7 Å². The van der Waals surface area contributed by atoms with Gasteiger partial charge in [-0.15, -0.1) is 0 Å². The minimum Gasteiger partial charge on any atom is -0.331 e. The fourth-order valence-electron chi connectivity index (χ4n) is 2.07. The second kappa shape index (κ2) is 7.78. The van der Waals surface area contributed by atoms with Gasteiger partial charge in [-0.25, -0.2) is 0 Å². The molecular weight excluding hydrogens is 358 g/mol. The van der Waals surface area contributed by atoms with Crippen molar-refractivity contribution < 1.29 is 4.79 Å². The number of rotatable bonds is 3. The maximum Gasteiger partial charge on any atom is 0.287 e. The van der Waals surface area contributed by atoms with Gasteiger partial charge in [-0.05, 0) is 42.5 Å². The van der Waals surface area contributed by atoms with Crippen LogP contribution in [0.2, 0.25) is 5.02 Å². The maximum absolute atomic E-state index is 12.1. The molecule has 8 heteroatoms. The van der Waals surface area contributed by atoms with Gasteiger partial charge in [-0.2, -0.15) is 5.10 Å². The highest BCUT2D eigenvalue weighted by molar-refractivity contribution is 7.80. The number of thiocarbonyl (C=S) groups is 1. The van der Waals surface area contributed by atoms with Crippen molar-refractivity contribution in [3.05, 3.63) is 71.4 Å². The van der Waals surface area contributed by atoms with Crippen molar-refractivity contribution in [2.24, 2.45) is 0 Å². The van der Waals surface area contributed by atoms with E-state index in [-0.39, 0.29) is 11.0 Å². The van der Waals surface area contributed by atoms with Gasteiger partial charge in [0.2, 0.25) is 0 Å². The van der Waals surface area contributed by atoms with Crippen LogP contribution in [0.25, 0.3) is 11.3 Å². The van der Waals surface area contributed by atoms with Gasteiger partial charge in [-0.1, -0.05) is 41.9 Å². The number of aromatic nitrogens is 2. The normalized spacial score (nSPS) is 10.1. The lowest BCUT2D eigenvalue weighted by Crippen LogP contribution is -2.43. The average molecular weight is 372 g/mol. The first-order valence-electron chi connectivity index (χ1n) is 7.35. The molecule has 0 fully saturated rings. The molecule has 6 nitrogen and oxygen atoms in total. The van der Waals surface area contributed by atoms with E-state index in [9.17, 15) is 4.79 Å². The molecule has 0 aliphatic rings. The quantitative estimate of drug-likeness (QED) is 0.419. The number of aromatic amines is 1. The molecule has 1 heterocycles. The topological polar surface area (TPSA) is 81.8 Å². The summed E-state index contributed by atoms with van der Waals surface area (Å²) >= 11 is 10.9. The van der Waals surface area contributed by atoms with E-state index < -0.39 is 0 Å². The number of nitrogens with zero attached hydrogens (tertiary/aromatic N) is 1. The lowest BCUT2D eigenvalue weighted by molar-refractivity contribution is 0.0939. The molecule has 126 valence electrons. The Morgan fingerprint density at radius 3 is 2.48 bits per heavy atom. The molecule has 0 saturated heterocycles. The van der Waals surface area contributed by atoms with Gasteiger partial charge in [0, 0.05) is 16.3 Å². The lowest BCUT2D eigenvalue weighted by atomic mass is 10.1. The van der Waals surface area contributed by atoms with Gasteiger partial charge in [0.15, 0.2) is 5.11 Å². The average Bonchev–Trinajstić information content (AvgIpc) is 3.13. The van der Waals surface area contributed by atoms with E-state index in [4.69, 9.17) is 23.8 Å². The highest BCUT2D eigenvalue weighted by Crippen LogP contribution is 2.16. The van der Waals surface area contributed by atoms with Crippen molar-refractivity contribution in [1.29, 1.82) is 0 Å². The Balaban J connectivity index is 1.55. The van der Waals surface area contributed by atoms with E-state index in [2.05, 4.69) is 26.4 Å². The zero-order valence-electron chi connectivity index (χ0n) is 12.9. The van der Waals surface area contributed by atoms with E-state index in [0.717, 1.165) is 11.3 Å². The molecule has 25 heavy (non-hydrogen) atoms. The Morgan fingerprint density at radius 1 is 1.04 bits per heavy atom. The van der Waals surface area contributed by atoms with Gasteiger partial charge >= 0.3 is 0 Å². The van der Waals surface area contributed by atoms with Crippen LogP contribution in [0.4, 0.5) is 5.69 Å². The smallest absolute Gasteiger partial charge is 0.287 e. The molecule has 0 bridgehead atoms. The summed E-state index contributed by atoms with van der Waals surface area (Å²) in [6.45, 7) is 0. The zero-order chi connectivity index (χ0) is 17.6. The second-order valence-electron chi connectivity index (χ2n) is 5.07. The van der Waals surface area contributed by atoms with Crippen LogP contribution in [-0.4, -0.2) is 21.2 Å². The molecule has 0 unspecified atom stereocenters. The van der Waals surface area contributed by atoms with Crippen molar-refractivity contribution in [3.8, 4) is 11.3 Å². The van der Waals surface area contributed by atoms with Crippen LogP contribution >= 0.6 is 23.8 Å². The standard InChI is InChI=1S/C17H14ClN5OS/c18-12-6-8-13(9-7-12)19-17(25)23-22-16(24)15-10-14(20-21-15)11-4-2-1-3-5-11/h1-10H,(H,20,21)(H,22,24)(H2,19,23,25). The molecule has 3 rings (SSSR count). The Kier molecular flexibility index (Phi) is 5.27. The van der Waals surface area contributed by atoms with Crippen LogP contribution in [0.15, 0.2) is 60.7 Å². The van der Waals surface area contributed by atoms with Gasteiger partial charge in [0.25, 0.3) is 5.91 Å². The molecule has 1 amide bonds. The van der Waals surface area contributed by atoms with Gasteiger partial charge in [0.05, 0.1) is 5.69 Å². The number of benzene rings is 2.